The number of hydrogen-bond donors (Lipinski definition) is 0. The van der Waals surface area contributed by atoms with Gasteiger partial charge in [-0.3, -0.25) is 4.79 Å². The summed E-state index contributed by atoms with van der Waals surface area (Å²) < 4.78 is 24.6. The number of sulfone groups is 1. The second-order valence-electron chi connectivity index (χ2n) is 5.35. The van der Waals surface area contributed by atoms with Crippen LogP contribution in [0.4, 0.5) is 0 Å². The van der Waals surface area contributed by atoms with Crippen molar-refractivity contribution in [3.05, 3.63) is 0 Å². The van der Waals surface area contributed by atoms with E-state index in [1.165, 1.54) is 16.7 Å². The van der Waals surface area contributed by atoms with Gasteiger partial charge in [-0.1, -0.05) is 11.8 Å². The molecule has 8 nitrogen and oxygen atoms in total. The molecule has 0 aromatic carbocycles. The lowest BCUT2D eigenvalue weighted by atomic mass is 10.2. The van der Waals surface area contributed by atoms with Gasteiger partial charge in [-0.2, -0.15) is 0 Å². The first-order valence-corrected chi connectivity index (χ1v) is 9.47. The van der Waals surface area contributed by atoms with Crippen LogP contribution in [0.5, 0.6) is 0 Å². The number of rotatable bonds is 5. The minimum absolute atomic E-state index is 0.0592. The van der Waals surface area contributed by atoms with Crippen LogP contribution in [0.2, 0.25) is 0 Å². The van der Waals surface area contributed by atoms with Crippen LogP contribution in [0.1, 0.15) is 26.3 Å². The van der Waals surface area contributed by atoms with Gasteiger partial charge in [0.2, 0.25) is 11.1 Å². The molecule has 21 heavy (non-hydrogen) atoms. The van der Waals surface area contributed by atoms with Crippen LogP contribution in [0, 0.1) is 0 Å². The van der Waals surface area contributed by atoms with Gasteiger partial charge in [0.25, 0.3) is 0 Å². The standard InChI is InChI=1S/C11H19N5O3S2/c1-8(2)16-11(12-13-14-16)20-6-10(17)15(3)9-4-5-21(18,19)7-9/h8-9H,4-7H2,1-3H3/t9-/m1/s1. The van der Waals surface area contributed by atoms with Crippen LogP contribution >= 0.6 is 11.8 Å². The fourth-order valence-electron chi connectivity index (χ4n) is 2.12. The van der Waals surface area contributed by atoms with E-state index in [4.69, 9.17) is 0 Å². The predicted molar refractivity (Wildman–Crippen MR) is 78.8 cm³/mol. The van der Waals surface area contributed by atoms with Crippen molar-refractivity contribution in [1.82, 2.24) is 25.1 Å². The highest BCUT2D eigenvalue weighted by Crippen LogP contribution is 2.20. The summed E-state index contributed by atoms with van der Waals surface area (Å²) in [5, 5.41) is 11.9. The molecule has 1 aromatic rings. The molecule has 1 aliphatic heterocycles. The van der Waals surface area contributed by atoms with E-state index in [0.717, 1.165) is 0 Å². The summed E-state index contributed by atoms with van der Waals surface area (Å²) in [7, 11) is -1.33. The average Bonchev–Trinajstić information content (AvgIpc) is 3.01. The van der Waals surface area contributed by atoms with Crippen LogP contribution in [0.15, 0.2) is 5.16 Å². The number of hydrogen-bond acceptors (Lipinski definition) is 7. The number of tetrazole rings is 1. The van der Waals surface area contributed by atoms with E-state index in [9.17, 15) is 13.2 Å². The molecular weight excluding hydrogens is 314 g/mol. The number of amides is 1. The van der Waals surface area contributed by atoms with Crippen molar-refractivity contribution in [3.63, 3.8) is 0 Å². The van der Waals surface area contributed by atoms with Crippen LogP contribution < -0.4 is 0 Å². The monoisotopic (exact) mass is 333 g/mol. The summed E-state index contributed by atoms with van der Waals surface area (Å²) in [6, 6.07) is -0.0977. The molecule has 118 valence electrons. The van der Waals surface area contributed by atoms with Gasteiger partial charge in [0.05, 0.1) is 23.3 Å². The second kappa shape index (κ2) is 6.30. The lowest BCUT2D eigenvalue weighted by molar-refractivity contribution is -0.128. The maximum atomic E-state index is 12.1. The smallest absolute Gasteiger partial charge is 0.233 e. The maximum absolute atomic E-state index is 12.1. The molecule has 2 rings (SSSR count). The van der Waals surface area contributed by atoms with E-state index < -0.39 is 9.84 Å². The van der Waals surface area contributed by atoms with Crippen molar-refractivity contribution in [2.75, 3.05) is 24.3 Å². The minimum atomic E-state index is -2.99. The van der Waals surface area contributed by atoms with Crippen molar-refractivity contribution in [1.29, 1.82) is 0 Å². The van der Waals surface area contributed by atoms with E-state index in [1.54, 1.807) is 11.7 Å². The zero-order valence-electron chi connectivity index (χ0n) is 12.3. The summed E-state index contributed by atoms with van der Waals surface area (Å²) in [5.41, 5.74) is 0. The van der Waals surface area contributed by atoms with Crippen LogP contribution in [0.25, 0.3) is 0 Å². The Kier molecular flexibility index (Phi) is 4.87. The Hall–Kier alpha value is -1.16. The lowest BCUT2D eigenvalue weighted by Gasteiger charge is -2.23. The molecule has 1 aromatic heterocycles. The van der Waals surface area contributed by atoms with Crippen LogP contribution in [-0.2, 0) is 14.6 Å². The zero-order valence-corrected chi connectivity index (χ0v) is 13.9. The van der Waals surface area contributed by atoms with Crippen LogP contribution in [0.3, 0.4) is 0 Å². The fraction of sp³-hybridized carbons (Fsp3) is 0.818. The molecule has 0 unspecified atom stereocenters. The Balaban J connectivity index is 1.91. The molecule has 0 spiro atoms. The summed E-state index contributed by atoms with van der Waals surface area (Å²) in [6.07, 6.45) is 0.513. The normalized spacial score (nSPS) is 20.9. The van der Waals surface area contributed by atoms with Gasteiger partial charge in [0.15, 0.2) is 9.84 Å². The molecule has 2 heterocycles. The van der Waals surface area contributed by atoms with E-state index in [2.05, 4.69) is 15.5 Å². The molecule has 1 fully saturated rings. The van der Waals surface area contributed by atoms with Gasteiger partial charge >= 0.3 is 0 Å². The van der Waals surface area contributed by atoms with Gasteiger partial charge in [-0.25, -0.2) is 13.1 Å². The number of nitrogens with zero attached hydrogens (tertiary/aromatic N) is 5. The van der Waals surface area contributed by atoms with Crippen LogP contribution in [-0.4, -0.2) is 69.8 Å². The van der Waals surface area contributed by atoms with Gasteiger partial charge in [-0.05, 0) is 30.7 Å². The molecular formula is C11H19N5O3S2. The number of thioether (sulfide) groups is 1. The molecule has 0 bridgehead atoms. The van der Waals surface area contributed by atoms with E-state index in [1.807, 2.05) is 13.8 Å². The average molecular weight is 333 g/mol. The Labute approximate surface area is 128 Å². The minimum Gasteiger partial charge on any atom is -0.341 e. The summed E-state index contributed by atoms with van der Waals surface area (Å²) in [6.45, 7) is 3.91. The summed E-state index contributed by atoms with van der Waals surface area (Å²) >= 11 is 1.26. The van der Waals surface area contributed by atoms with E-state index in [-0.39, 0.29) is 35.2 Å². The molecule has 0 saturated carbocycles. The second-order valence-corrected chi connectivity index (χ2v) is 8.52. The fourth-order valence-corrected chi connectivity index (χ4v) is 4.82. The summed E-state index contributed by atoms with van der Waals surface area (Å²) in [4.78, 5) is 13.7. The number of carbonyl (C=O) groups excluding carboxylic acids is 1. The Bertz CT molecular complexity index is 613. The number of carbonyl (C=O) groups is 1. The molecule has 1 atom stereocenters. The predicted octanol–water partition coefficient (Wildman–Crippen LogP) is -0.00840. The van der Waals surface area contributed by atoms with Gasteiger partial charge in [-0.15, -0.1) is 5.10 Å². The summed E-state index contributed by atoms with van der Waals surface area (Å²) in [5.74, 6) is 0.304. The molecule has 1 amide bonds. The van der Waals surface area contributed by atoms with Crippen molar-refractivity contribution >= 4 is 27.5 Å². The lowest BCUT2D eigenvalue weighted by Crippen LogP contribution is -2.38. The highest BCUT2D eigenvalue weighted by atomic mass is 32.2. The van der Waals surface area contributed by atoms with Crippen molar-refractivity contribution in [2.45, 2.75) is 37.5 Å². The molecule has 0 aliphatic carbocycles. The Morgan fingerprint density at radius 2 is 2.24 bits per heavy atom. The van der Waals surface area contributed by atoms with Gasteiger partial charge < -0.3 is 4.90 Å². The first-order chi connectivity index (χ1) is 9.80. The topological polar surface area (TPSA) is 98.1 Å². The first kappa shape index (κ1) is 16.2. The number of aromatic nitrogens is 4. The third-order valence-electron chi connectivity index (χ3n) is 3.43. The highest BCUT2D eigenvalue weighted by molar-refractivity contribution is 7.99. The van der Waals surface area contributed by atoms with E-state index >= 15 is 0 Å². The Morgan fingerprint density at radius 1 is 1.52 bits per heavy atom. The molecule has 1 aliphatic rings. The first-order valence-electron chi connectivity index (χ1n) is 6.67. The third-order valence-corrected chi connectivity index (χ3v) is 6.09. The maximum Gasteiger partial charge on any atom is 0.233 e. The third kappa shape index (κ3) is 3.94. The van der Waals surface area contributed by atoms with Crippen molar-refractivity contribution in [2.24, 2.45) is 0 Å². The van der Waals surface area contributed by atoms with Gasteiger partial charge in [0, 0.05) is 13.1 Å². The quantitative estimate of drug-likeness (QED) is 0.699. The Morgan fingerprint density at radius 3 is 2.81 bits per heavy atom. The van der Waals surface area contributed by atoms with E-state index in [0.29, 0.717) is 11.6 Å². The van der Waals surface area contributed by atoms with Crippen molar-refractivity contribution in [3.8, 4) is 0 Å². The largest absolute Gasteiger partial charge is 0.341 e. The molecule has 0 N–H and O–H groups in total. The SMILES string of the molecule is CC(C)n1nnnc1SCC(=O)N(C)[C@@H]1CCS(=O)(=O)C1. The highest BCUT2D eigenvalue weighted by Gasteiger charge is 2.32. The zero-order chi connectivity index (χ0) is 15.6. The molecule has 10 heteroatoms. The van der Waals surface area contributed by atoms with Gasteiger partial charge in [0.1, 0.15) is 0 Å². The van der Waals surface area contributed by atoms with Crippen molar-refractivity contribution < 1.29 is 13.2 Å². The molecule has 0 radical (unpaired) electrons. The molecule has 1 saturated heterocycles.